The first-order valence-corrected chi connectivity index (χ1v) is 9.71. The van der Waals surface area contributed by atoms with E-state index >= 15 is 0 Å². The minimum Gasteiger partial charge on any atom is -0.486 e. The highest BCUT2D eigenvalue weighted by atomic mass is 79.9. The normalized spacial score (nSPS) is 24.5. The number of aromatic nitrogens is 3. The Morgan fingerprint density at radius 3 is 2.67 bits per heavy atom. The zero-order chi connectivity index (χ0) is 19.2. The number of alkyl halides is 4. The summed E-state index contributed by atoms with van der Waals surface area (Å²) in [5.41, 5.74) is 1.51. The topological polar surface area (TPSA) is 43.2 Å². The van der Waals surface area contributed by atoms with Crippen molar-refractivity contribution in [3.8, 4) is 5.75 Å². The Balaban J connectivity index is 1.45. The monoisotopic (exact) mass is 450 g/mol. The number of hydrogen-bond donors (Lipinski definition) is 0. The molecule has 10 heteroatoms. The van der Waals surface area contributed by atoms with Gasteiger partial charge in [0, 0.05) is 19.6 Å². The number of rotatable bonds is 5. The van der Waals surface area contributed by atoms with Gasteiger partial charge in [-0.1, -0.05) is 5.21 Å². The van der Waals surface area contributed by atoms with Crippen LogP contribution in [0.2, 0.25) is 0 Å². The molecule has 0 bridgehead atoms. The van der Waals surface area contributed by atoms with Crippen molar-refractivity contribution < 1.29 is 22.3 Å². The van der Waals surface area contributed by atoms with E-state index in [0.717, 1.165) is 17.0 Å². The lowest BCUT2D eigenvalue weighted by atomic mass is 10.1. The highest BCUT2D eigenvalue weighted by molar-refractivity contribution is 9.10. The number of hydrogen-bond acceptors (Lipinski definition) is 4. The maximum Gasteiger partial charge on any atom is 0.401 e. The summed E-state index contributed by atoms with van der Waals surface area (Å²) in [4.78, 5) is 1.08. The lowest BCUT2D eigenvalue weighted by Gasteiger charge is -2.35. The van der Waals surface area contributed by atoms with Crippen molar-refractivity contribution in [2.75, 3.05) is 19.6 Å². The van der Waals surface area contributed by atoms with Crippen molar-refractivity contribution >= 4 is 27.0 Å². The molecule has 1 saturated heterocycles. The van der Waals surface area contributed by atoms with Crippen molar-refractivity contribution in [2.45, 2.75) is 44.3 Å². The second kappa shape index (κ2) is 7.20. The first-order valence-electron chi connectivity index (χ1n) is 8.91. The number of fused-ring (bicyclic) bond motifs is 1. The summed E-state index contributed by atoms with van der Waals surface area (Å²) in [5.74, 6) is 1.08. The van der Waals surface area contributed by atoms with Crippen molar-refractivity contribution in [1.29, 1.82) is 0 Å². The number of ether oxygens (including phenoxy) is 1. The van der Waals surface area contributed by atoms with Gasteiger partial charge in [0.1, 0.15) is 23.5 Å². The molecule has 2 heterocycles. The highest BCUT2D eigenvalue weighted by Gasteiger charge is 2.37. The van der Waals surface area contributed by atoms with Crippen molar-refractivity contribution in [3.63, 3.8) is 0 Å². The van der Waals surface area contributed by atoms with E-state index in [-0.39, 0.29) is 19.5 Å². The van der Waals surface area contributed by atoms with Gasteiger partial charge in [-0.2, -0.15) is 13.2 Å². The third kappa shape index (κ3) is 4.37. The van der Waals surface area contributed by atoms with Crippen molar-refractivity contribution in [3.05, 3.63) is 16.6 Å². The molecule has 2 aromatic rings. The van der Waals surface area contributed by atoms with Crippen LogP contribution in [0.1, 0.15) is 19.3 Å². The number of likely N-dealkylation sites (tertiary alicyclic amines) is 1. The summed E-state index contributed by atoms with van der Waals surface area (Å²) < 4.78 is 60.0. The summed E-state index contributed by atoms with van der Waals surface area (Å²) in [6, 6.07) is 3.57. The molecular formula is C17H19BrF4N4O. The van der Waals surface area contributed by atoms with E-state index in [0.29, 0.717) is 21.7 Å². The van der Waals surface area contributed by atoms with E-state index in [1.165, 1.54) is 12.8 Å². The summed E-state index contributed by atoms with van der Waals surface area (Å²) in [6.45, 7) is -0.420. The number of piperidine rings is 1. The Bertz CT molecular complexity index is 823. The lowest BCUT2D eigenvalue weighted by Crippen LogP contribution is -2.49. The molecule has 27 heavy (non-hydrogen) atoms. The molecule has 1 aromatic carbocycles. The van der Waals surface area contributed by atoms with Gasteiger partial charge in [-0.15, -0.1) is 5.10 Å². The Kier molecular flexibility index (Phi) is 5.04. The van der Waals surface area contributed by atoms with Crippen LogP contribution in [0, 0.1) is 5.92 Å². The number of benzene rings is 1. The molecule has 0 spiro atoms. The quantitative estimate of drug-likeness (QED) is 0.646. The van der Waals surface area contributed by atoms with E-state index < -0.39 is 25.0 Å². The smallest absolute Gasteiger partial charge is 0.401 e. The Morgan fingerprint density at radius 2 is 2.00 bits per heavy atom. The van der Waals surface area contributed by atoms with Crippen LogP contribution in [0.5, 0.6) is 5.75 Å². The molecule has 0 amide bonds. The lowest BCUT2D eigenvalue weighted by molar-refractivity contribution is -0.153. The van der Waals surface area contributed by atoms with Gasteiger partial charge in [-0.25, -0.2) is 9.07 Å². The molecule has 0 radical (unpaired) electrons. The molecule has 5 nitrogen and oxygen atoms in total. The van der Waals surface area contributed by atoms with E-state index in [4.69, 9.17) is 4.74 Å². The standard InChI is InChI=1S/C17H19BrF4N4O/c18-15-14(4-3-12-16(15)23-24-26(12)7-10-1-2-10)27-13-5-6-25(8-11(13)19)9-17(20,21)22/h3-4,10-11,13H,1-2,5-9H2/t11-,13-/m1/s1. The average Bonchev–Trinajstić information content (AvgIpc) is 3.30. The van der Waals surface area contributed by atoms with Crippen molar-refractivity contribution in [1.82, 2.24) is 19.9 Å². The highest BCUT2D eigenvalue weighted by Crippen LogP contribution is 2.36. The van der Waals surface area contributed by atoms with Gasteiger partial charge in [-0.05, 0) is 53.2 Å². The van der Waals surface area contributed by atoms with E-state index in [1.54, 1.807) is 6.07 Å². The van der Waals surface area contributed by atoms with Gasteiger partial charge in [0.15, 0.2) is 0 Å². The second-order valence-corrected chi connectivity index (χ2v) is 8.06. The molecule has 1 aromatic heterocycles. The SMILES string of the molecule is F[C@@H]1CN(CC(F)(F)F)CC[C@H]1Oc1ccc2c(nnn2CC2CC2)c1Br. The van der Waals surface area contributed by atoms with E-state index in [2.05, 4.69) is 26.2 Å². The summed E-state index contributed by atoms with van der Waals surface area (Å²) >= 11 is 3.45. The number of halogens is 5. The third-order valence-corrected chi connectivity index (χ3v) is 5.73. The van der Waals surface area contributed by atoms with Gasteiger partial charge >= 0.3 is 6.18 Å². The fourth-order valence-corrected chi connectivity index (χ4v) is 3.90. The Hall–Kier alpha value is -1.42. The predicted octanol–water partition coefficient (Wildman–Crippen LogP) is 3.96. The van der Waals surface area contributed by atoms with Crippen LogP contribution in [0.25, 0.3) is 11.0 Å². The first kappa shape index (κ1) is 18.9. The third-order valence-electron chi connectivity index (χ3n) is 4.97. The maximum atomic E-state index is 14.4. The second-order valence-electron chi connectivity index (χ2n) is 7.27. The molecule has 1 aliphatic carbocycles. The van der Waals surface area contributed by atoms with Gasteiger partial charge in [0.05, 0.1) is 16.5 Å². The van der Waals surface area contributed by atoms with Crippen LogP contribution in [-0.4, -0.2) is 58.0 Å². The molecule has 0 N–H and O–H groups in total. The zero-order valence-electron chi connectivity index (χ0n) is 14.4. The van der Waals surface area contributed by atoms with Gasteiger partial charge < -0.3 is 4.74 Å². The molecule has 2 aliphatic rings. The summed E-state index contributed by atoms with van der Waals surface area (Å²) in [6.07, 6.45) is -4.01. The molecule has 0 unspecified atom stereocenters. The molecule has 4 rings (SSSR count). The van der Waals surface area contributed by atoms with Crippen LogP contribution in [0.4, 0.5) is 17.6 Å². The minimum atomic E-state index is -4.33. The van der Waals surface area contributed by atoms with Crippen LogP contribution in [0.15, 0.2) is 16.6 Å². The van der Waals surface area contributed by atoms with Gasteiger partial charge in [-0.3, -0.25) is 4.90 Å². The first-order chi connectivity index (χ1) is 12.8. The number of nitrogens with zero attached hydrogens (tertiary/aromatic N) is 4. The fraction of sp³-hybridized carbons (Fsp3) is 0.647. The van der Waals surface area contributed by atoms with Crippen LogP contribution in [0.3, 0.4) is 0 Å². The minimum absolute atomic E-state index is 0.141. The predicted molar refractivity (Wildman–Crippen MR) is 94.4 cm³/mol. The van der Waals surface area contributed by atoms with E-state index in [1.807, 2.05) is 10.7 Å². The maximum absolute atomic E-state index is 14.4. The Labute approximate surface area is 161 Å². The largest absolute Gasteiger partial charge is 0.486 e. The van der Waals surface area contributed by atoms with Crippen LogP contribution >= 0.6 is 15.9 Å². The van der Waals surface area contributed by atoms with Gasteiger partial charge in [0.25, 0.3) is 0 Å². The van der Waals surface area contributed by atoms with E-state index in [9.17, 15) is 17.6 Å². The molecule has 2 atom stereocenters. The van der Waals surface area contributed by atoms with Crippen LogP contribution < -0.4 is 4.74 Å². The molecular weight excluding hydrogens is 432 g/mol. The van der Waals surface area contributed by atoms with Crippen LogP contribution in [-0.2, 0) is 6.54 Å². The zero-order valence-corrected chi connectivity index (χ0v) is 16.0. The Morgan fingerprint density at radius 1 is 1.22 bits per heavy atom. The summed E-state index contributed by atoms with van der Waals surface area (Å²) in [5, 5.41) is 8.36. The fourth-order valence-electron chi connectivity index (χ4n) is 3.40. The molecule has 2 fully saturated rings. The van der Waals surface area contributed by atoms with Gasteiger partial charge in [0.2, 0.25) is 0 Å². The average molecular weight is 451 g/mol. The molecule has 1 saturated carbocycles. The molecule has 148 valence electrons. The molecule has 1 aliphatic heterocycles. The van der Waals surface area contributed by atoms with Crippen molar-refractivity contribution in [2.24, 2.45) is 5.92 Å². The summed E-state index contributed by atoms with van der Waals surface area (Å²) in [7, 11) is 0.